The Kier molecular flexibility index (Phi) is 3.72. The van der Waals surface area contributed by atoms with Crippen LogP contribution in [0, 0.1) is 5.82 Å². The van der Waals surface area contributed by atoms with Crippen LogP contribution in [0.25, 0.3) is 0 Å². The van der Waals surface area contributed by atoms with E-state index in [1.807, 2.05) is 0 Å². The third kappa shape index (κ3) is 2.19. The Labute approximate surface area is 64.4 Å². The highest BCUT2D eigenvalue weighted by Crippen LogP contribution is 2.03. The van der Waals surface area contributed by atoms with E-state index in [1.54, 1.807) is 0 Å². The molecule has 56 valence electrons. The molecule has 1 heterocycles. The summed E-state index contributed by atoms with van der Waals surface area (Å²) in [7, 11) is 1.49. The van der Waals surface area contributed by atoms with Gasteiger partial charge in [-0.15, -0.1) is 12.4 Å². The van der Waals surface area contributed by atoms with Crippen molar-refractivity contribution in [2.45, 2.75) is 0 Å². The number of ether oxygens (including phenoxy) is 1. The summed E-state index contributed by atoms with van der Waals surface area (Å²) in [6, 6.07) is 2.77. The van der Waals surface area contributed by atoms with E-state index in [1.165, 1.54) is 19.2 Å². The molecular weight excluding hydrogens is 157 g/mol. The average molecular weight is 164 g/mol. The maximum atomic E-state index is 12.1. The van der Waals surface area contributed by atoms with Gasteiger partial charge in [0.05, 0.1) is 13.3 Å². The smallest absolute Gasteiger partial charge is 0.213 e. The van der Waals surface area contributed by atoms with Crippen LogP contribution in [0.4, 0.5) is 4.39 Å². The minimum atomic E-state index is -0.351. The topological polar surface area (TPSA) is 22.1 Å². The van der Waals surface area contributed by atoms with E-state index in [-0.39, 0.29) is 18.2 Å². The lowest BCUT2D eigenvalue weighted by Gasteiger charge is -1.94. The second-order valence-corrected chi connectivity index (χ2v) is 1.52. The molecule has 0 N–H and O–H groups in total. The average Bonchev–Trinajstić information content (AvgIpc) is 1.90. The summed E-state index contributed by atoms with van der Waals surface area (Å²) in [5.74, 6) is 0.0761. The predicted molar refractivity (Wildman–Crippen MR) is 38.0 cm³/mol. The van der Waals surface area contributed by atoms with Crippen LogP contribution in [0.15, 0.2) is 18.3 Å². The summed E-state index contributed by atoms with van der Waals surface area (Å²) >= 11 is 0. The highest BCUT2D eigenvalue weighted by molar-refractivity contribution is 5.85. The van der Waals surface area contributed by atoms with Crippen LogP contribution in [0.2, 0.25) is 0 Å². The molecule has 2 nitrogen and oxygen atoms in total. The van der Waals surface area contributed by atoms with Gasteiger partial charge < -0.3 is 4.74 Å². The van der Waals surface area contributed by atoms with Crippen LogP contribution in [0.1, 0.15) is 0 Å². The Morgan fingerprint density at radius 2 is 2.20 bits per heavy atom. The van der Waals surface area contributed by atoms with Gasteiger partial charge in [0.25, 0.3) is 0 Å². The molecule has 0 aliphatic carbocycles. The molecule has 0 bridgehead atoms. The van der Waals surface area contributed by atoms with Crippen LogP contribution in [0.3, 0.4) is 0 Å². The molecule has 0 saturated heterocycles. The van der Waals surface area contributed by atoms with E-state index in [4.69, 9.17) is 4.74 Å². The molecule has 4 heteroatoms. The van der Waals surface area contributed by atoms with Gasteiger partial charge in [0, 0.05) is 6.07 Å². The summed E-state index contributed by atoms with van der Waals surface area (Å²) in [5, 5.41) is 0. The Hall–Kier alpha value is -0.830. The molecule has 0 saturated carbocycles. The Bertz CT molecular complexity index is 189. The molecule has 0 aliphatic rings. The first-order chi connectivity index (χ1) is 4.33. The molecule has 0 unspecified atom stereocenters. The number of hydrogen-bond acceptors (Lipinski definition) is 2. The van der Waals surface area contributed by atoms with E-state index in [0.29, 0.717) is 5.88 Å². The number of nitrogens with zero attached hydrogens (tertiary/aromatic N) is 1. The summed E-state index contributed by atoms with van der Waals surface area (Å²) in [5.41, 5.74) is 0. The zero-order valence-corrected chi connectivity index (χ0v) is 6.19. The maximum absolute atomic E-state index is 12.1. The van der Waals surface area contributed by atoms with Crippen LogP contribution in [0.5, 0.6) is 5.88 Å². The number of aromatic nitrogens is 1. The minimum absolute atomic E-state index is 0. The van der Waals surface area contributed by atoms with E-state index in [0.717, 1.165) is 6.20 Å². The monoisotopic (exact) mass is 163 g/mol. The van der Waals surface area contributed by atoms with Gasteiger partial charge in [-0.05, 0) is 6.07 Å². The molecule has 1 aromatic rings. The first kappa shape index (κ1) is 9.17. The molecular formula is C6H7ClFNO. The predicted octanol–water partition coefficient (Wildman–Crippen LogP) is 1.65. The minimum Gasteiger partial charge on any atom is -0.481 e. The zero-order chi connectivity index (χ0) is 6.69. The van der Waals surface area contributed by atoms with Gasteiger partial charge in [0.2, 0.25) is 5.88 Å². The fraction of sp³-hybridized carbons (Fsp3) is 0.167. The van der Waals surface area contributed by atoms with Crippen molar-refractivity contribution in [1.82, 2.24) is 4.98 Å². The molecule has 1 rings (SSSR count). The number of methoxy groups -OCH3 is 1. The van der Waals surface area contributed by atoms with Crippen molar-refractivity contribution < 1.29 is 9.13 Å². The molecule has 0 aromatic carbocycles. The second kappa shape index (κ2) is 4.06. The Morgan fingerprint density at radius 3 is 2.60 bits per heavy atom. The van der Waals surface area contributed by atoms with Crippen LogP contribution < -0.4 is 4.74 Å². The zero-order valence-electron chi connectivity index (χ0n) is 5.37. The normalized spacial score (nSPS) is 8.20. The van der Waals surface area contributed by atoms with Gasteiger partial charge in [-0.3, -0.25) is 0 Å². The van der Waals surface area contributed by atoms with Crippen molar-refractivity contribution in [3.63, 3.8) is 0 Å². The molecule has 0 amide bonds. The summed E-state index contributed by atoms with van der Waals surface area (Å²) in [6.45, 7) is 0. The van der Waals surface area contributed by atoms with Crippen LogP contribution in [-0.2, 0) is 0 Å². The van der Waals surface area contributed by atoms with E-state index < -0.39 is 0 Å². The third-order valence-electron chi connectivity index (χ3n) is 0.909. The van der Waals surface area contributed by atoms with Gasteiger partial charge >= 0.3 is 0 Å². The van der Waals surface area contributed by atoms with E-state index in [9.17, 15) is 4.39 Å². The lowest BCUT2D eigenvalue weighted by molar-refractivity contribution is 0.396. The highest BCUT2D eigenvalue weighted by Gasteiger charge is 1.90. The lowest BCUT2D eigenvalue weighted by Crippen LogP contribution is -1.86. The molecule has 10 heavy (non-hydrogen) atoms. The molecule has 0 aliphatic heterocycles. The fourth-order valence-electron chi connectivity index (χ4n) is 0.483. The summed E-state index contributed by atoms with van der Waals surface area (Å²) < 4.78 is 16.8. The molecule has 0 radical (unpaired) electrons. The standard InChI is InChI=1S/C6H6FNO.ClH/c1-9-6-3-2-5(7)4-8-6;/h2-4H,1H3;1H. The van der Waals surface area contributed by atoms with Crippen molar-refractivity contribution in [3.8, 4) is 5.88 Å². The van der Waals surface area contributed by atoms with E-state index in [2.05, 4.69) is 4.98 Å². The van der Waals surface area contributed by atoms with Gasteiger partial charge in [0.15, 0.2) is 0 Å². The fourth-order valence-corrected chi connectivity index (χ4v) is 0.483. The number of hydrogen-bond donors (Lipinski definition) is 0. The molecule has 0 fully saturated rings. The van der Waals surface area contributed by atoms with Crippen LogP contribution in [-0.4, -0.2) is 12.1 Å². The van der Waals surface area contributed by atoms with Gasteiger partial charge in [0.1, 0.15) is 5.82 Å². The van der Waals surface area contributed by atoms with Gasteiger partial charge in [-0.1, -0.05) is 0 Å². The quantitative estimate of drug-likeness (QED) is 0.628. The Balaban J connectivity index is 0.000000810. The first-order valence-corrected chi connectivity index (χ1v) is 2.48. The Morgan fingerprint density at radius 1 is 1.50 bits per heavy atom. The lowest BCUT2D eigenvalue weighted by atomic mass is 10.5. The highest BCUT2D eigenvalue weighted by atomic mass is 35.5. The molecule has 0 atom stereocenters. The number of pyridine rings is 1. The van der Waals surface area contributed by atoms with E-state index >= 15 is 0 Å². The largest absolute Gasteiger partial charge is 0.481 e. The maximum Gasteiger partial charge on any atom is 0.213 e. The van der Waals surface area contributed by atoms with Crippen molar-refractivity contribution in [2.75, 3.05) is 7.11 Å². The third-order valence-corrected chi connectivity index (χ3v) is 0.909. The van der Waals surface area contributed by atoms with Gasteiger partial charge in [-0.25, -0.2) is 9.37 Å². The number of rotatable bonds is 1. The summed E-state index contributed by atoms with van der Waals surface area (Å²) in [6.07, 6.45) is 1.11. The van der Waals surface area contributed by atoms with Crippen LogP contribution >= 0.6 is 12.4 Å². The first-order valence-electron chi connectivity index (χ1n) is 2.48. The SMILES string of the molecule is COc1ccc(F)cn1.Cl. The van der Waals surface area contributed by atoms with Crippen molar-refractivity contribution >= 4 is 12.4 Å². The van der Waals surface area contributed by atoms with Crippen molar-refractivity contribution in [1.29, 1.82) is 0 Å². The number of halogens is 2. The van der Waals surface area contributed by atoms with Crippen molar-refractivity contribution in [2.24, 2.45) is 0 Å². The molecule has 0 spiro atoms. The van der Waals surface area contributed by atoms with Crippen molar-refractivity contribution in [3.05, 3.63) is 24.1 Å². The molecule has 1 aromatic heterocycles. The van der Waals surface area contributed by atoms with Gasteiger partial charge in [-0.2, -0.15) is 0 Å². The second-order valence-electron chi connectivity index (χ2n) is 1.52. The summed E-state index contributed by atoms with van der Waals surface area (Å²) in [4.78, 5) is 3.60.